The van der Waals surface area contributed by atoms with Crippen molar-refractivity contribution in [1.82, 2.24) is 4.98 Å². The number of hydrogen-bond acceptors (Lipinski definition) is 4. The summed E-state index contributed by atoms with van der Waals surface area (Å²) in [4.78, 5) is 16.7. The summed E-state index contributed by atoms with van der Waals surface area (Å²) in [6.45, 7) is -0.223. The number of anilines is 1. The van der Waals surface area contributed by atoms with E-state index in [4.69, 9.17) is 11.6 Å². The molecule has 1 aromatic rings. The largest absolute Gasteiger partial charge is 0.308 e. The molecule has 1 atom stereocenters. The summed E-state index contributed by atoms with van der Waals surface area (Å²) in [5, 5.41) is -1.10. The maximum absolute atomic E-state index is 12.9. The summed E-state index contributed by atoms with van der Waals surface area (Å²) in [6, 6.07) is 2.98. The van der Waals surface area contributed by atoms with Crippen LogP contribution in [0.3, 0.4) is 0 Å². The van der Waals surface area contributed by atoms with Gasteiger partial charge in [-0.2, -0.15) is 8.42 Å². The summed E-state index contributed by atoms with van der Waals surface area (Å²) >= 11 is 8.78. The molecule has 0 spiro atoms. The molecule has 1 amide bonds. The fourth-order valence-electron chi connectivity index (χ4n) is 1.70. The van der Waals surface area contributed by atoms with Gasteiger partial charge in [-0.25, -0.2) is 4.98 Å². The van der Waals surface area contributed by atoms with Gasteiger partial charge in [0.25, 0.3) is 0 Å². The maximum Gasteiger partial charge on any atom is 0.307 e. The molecule has 1 aromatic heterocycles. The Balaban J connectivity index is 2.33. The smallest absolute Gasteiger partial charge is 0.307 e. The van der Waals surface area contributed by atoms with E-state index in [-0.39, 0.29) is 18.1 Å². The van der Waals surface area contributed by atoms with Crippen molar-refractivity contribution in [3.05, 3.63) is 21.9 Å². The minimum absolute atomic E-state index is 0.223. The fraction of sp³-hybridized carbons (Fsp3) is 0.333. The van der Waals surface area contributed by atoms with Gasteiger partial charge in [-0.15, -0.1) is 3.89 Å². The van der Waals surface area contributed by atoms with Gasteiger partial charge in [0.05, 0.1) is 5.69 Å². The highest BCUT2D eigenvalue weighted by Gasteiger charge is 2.39. The Kier molecular flexibility index (Phi) is 3.61. The predicted molar refractivity (Wildman–Crippen MR) is 67.7 cm³/mol. The quantitative estimate of drug-likeness (QED) is 0.599. The van der Waals surface area contributed by atoms with Gasteiger partial charge >= 0.3 is 10.2 Å². The lowest BCUT2D eigenvalue weighted by atomic mass is 10.4. The molecule has 1 fully saturated rings. The first kappa shape index (κ1) is 13.7. The second kappa shape index (κ2) is 4.75. The minimum Gasteiger partial charge on any atom is -0.308 e. The van der Waals surface area contributed by atoms with E-state index >= 15 is 0 Å². The van der Waals surface area contributed by atoms with Crippen molar-refractivity contribution in [3.63, 3.8) is 0 Å². The molecule has 2 rings (SSSR count). The van der Waals surface area contributed by atoms with Crippen LogP contribution < -0.4 is 4.90 Å². The molecule has 1 unspecified atom stereocenters. The van der Waals surface area contributed by atoms with Crippen molar-refractivity contribution in [2.75, 3.05) is 11.4 Å². The summed E-state index contributed by atoms with van der Waals surface area (Å²) in [5.41, 5.74) is 0.371. The number of nitrogens with zero attached hydrogens (tertiary/aromatic N) is 2. The van der Waals surface area contributed by atoms with Crippen LogP contribution in [0.15, 0.2) is 16.7 Å². The standard InChI is InChI=1S/C9H7BrClFN2O3S/c10-9-6(1-2-7(11)13-9)14-4-5(3-8(14)15)18(12,16)17/h1-2,5H,3-4H2. The van der Waals surface area contributed by atoms with Crippen LogP contribution in [-0.4, -0.2) is 31.1 Å². The van der Waals surface area contributed by atoms with Crippen molar-refractivity contribution in [2.45, 2.75) is 11.7 Å². The molecule has 5 nitrogen and oxygen atoms in total. The zero-order valence-corrected chi connectivity index (χ0v) is 12.0. The molecule has 0 bridgehead atoms. The Morgan fingerprint density at radius 2 is 2.17 bits per heavy atom. The molecule has 98 valence electrons. The van der Waals surface area contributed by atoms with Crippen molar-refractivity contribution in [1.29, 1.82) is 0 Å². The number of carbonyl (C=O) groups excluding carboxylic acids is 1. The SMILES string of the molecule is O=C1CC(S(=O)(=O)F)CN1c1ccc(Cl)nc1Br. The lowest BCUT2D eigenvalue weighted by molar-refractivity contribution is -0.117. The molecule has 1 saturated heterocycles. The molecule has 0 aromatic carbocycles. The summed E-state index contributed by atoms with van der Waals surface area (Å²) in [7, 11) is -4.72. The van der Waals surface area contributed by atoms with Crippen LogP contribution in [0.25, 0.3) is 0 Å². The molecule has 0 aliphatic carbocycles. The van der Waals surface area contributed by atoms with Gasteiger partial charge in [-0.05, 0) is 28.1 Å². The lowest BCUT2D eigenvalue weighted by Gasteiger charge is -2.17. The second-order valence-corrected chi connectivity index (χ2v) is 6.51. The van der Waals surface area contributed by atoms with Crippen LogP contribution in [0.2, 0.25) is 5.15 Å². The average molecular weight is 358 g/mol. The highest BCUT2D eigenvalue weighted by Crippen LogP contribution is 2.31. The predicted octanol–water partition coefficient (Wildman–Crippen LogP) is 1.90. The number of amides is 1. The third kappa shape index (κ3) is 2.65. The summed E-state index contributed by atoms with van der Waals surface area (Å²) < 4.78 is 34.8. The number of hydrogen-bond donors (Lipinski definition) is 0. The average Bonchev–Trinajstić information content (AvgIpc) is 2.60. The summed E-state index contributed by atoms with van der Waals surface area (Å²) in [5.74, 6) is -0.467. The molecular weight excluding hydrogens is 351 g/mol. The number of halogens is 3. The number of rotatable bonds is 2. The topological polar surface area (TPSA) is 67.3 Å². The fourth-order valence-corrected chi connectivity index (χ4v) is 3.16. The number of carbonyl (C=O) groups is 1. The normalized spacial score (nSPS) is 20.5. The lowest BCUT2D eigenvalue weighted by Crippen LogP contribution is -2.27. The first-order valence-electron chi connectivity index (χ1n) is 4.85. The van der Waals surface area contributed by atoms with Gasteiger partial charge < -0.3 is 4.90 Å². The van der Waals surface area contributed by atoms with Crippen molar-refractivity contribution >= 4 is 49.3 Å². The van der Waals surface area contributed by atoms with E-state index in [2.05, 4.69) is 20.9 Å². The zero-order chi connectivity index (χ0) is 13.5. The van der Waals surface area contributed by atoms with E-state index < -0.39 is 21.4 Å². The monoisotopic (exact) mass is 356 g/mol. The molecule has 2 heterocycles. The molecule has 9 heteroatoms. The Hall–Kier alpha value is -0.730. The molecule has 0 saturated carbocycles. The van der Waals surface area contributed by atoms with E-state index in [9.17, 15) is 17.1 Å². The molecule has 1 aliphatic heterocycles. The van der Waals surface area contributed by atoms with Crippen molar-refractivity contribution < 1.29 is 17.1 Å². The molecule has 0 N–H and O–H groups in total. The minimum atomic E-state index is -4.72. The Morgan fingerprint density at radius 3 is 2.67 bits per heavy atom. The van der Waals surface area contributed by atoms with Gasteiger partial charge in [0.15, 0.2) is 0 Å². The third-order valence-corrected chi connectivity index (χ3v) is 4.48. The van der Waals surface area contributed by atoms with Gasteiger partial charge in [0.1, 0.15) is 15.0 Å². The van der Waals surface area contributed by atoms with Crippen molar-refractivity contribution in [2.24, 2.45) is 0 Å². The summed E-state index contributed by atoms with van der Waals surface area (Å²) in [6.07, 6.45) is -0.367. The van der Waals surface area contributed by atoms with Crippen LogP contribution in [-0.2, 0) is 15.0 Å². The molecule has 1 aliphatic rings. The number of pyridine rings is 1. The first-order valence-corrected chi connectivity index (χ1v) is 7.46. The first-order chi connectivity index (χ1) is 8.29. The van der Waals surface area contributed by atoms with Crippen LogP contribution in [0.1, 0.15) is 6.42 Å². The molecule has 18 heavy (non-hydrogen) atoms. The Morgan fingerprint density at radius 1 is 1.50 bits per heavy atom. The van der Waals surface area contributed by atoms with E-state index in [0.29, 0.717) is 10.3 Å². The highest BCUT2D eigenvalue weighted by atomic mass is 79.9. The van der Waals surface area contributed by atoms with Crippen LogP contribution in [0.4, 0.5) is 9.57 Å². The number of aromatic nitrogens is 1. The Bertz CT molecular complexity index is 610. The maximum atomic E-state index is 12.9. The van der Waals surface area contributed by atoms with Crippen molar-refractivity contribution in [3.8, 4) is 0 Å². The van der Waals surface area contributed by atoms with E-state index in [1.54, 1.807) is 0 Å². The van der Waals surface area contributed by atoms with Crippen LogP contribution in [0.5, 0.6) is 0 Å². The van der Waals surface area contributed by atoms with E-state index in [1.807, 2.05) is 0 Å². The van der Waals surface area contributed by atoms with Crippen LogP contribution >= 0.6 is 27.5 Å². The second-order valence-electron chi connectivity index (χ2n) is 3.75. The molecular formula is C9H7BrClFN2O3S. The van der Waals surface area contributed by atoms with Gasteiger partial charge in [-0.3, -0.25) is 4.79 Å². The van der Waals surface area contributed by atoms with Crippen LogP contribution in [0, 0.1) is 0 Å². The van der Waals surface area contributed by atoms with E-state index in [1.165, 1.54) is 17.0 Å². The zero-order valence-electron chi connectivity index (χ0n) is 8.81. The van der Waals surface area contributed by atoms with E-state index in [0.717, 1.165) is 0 Å². The van der Waals surface area contributed by atoms with Gasteiger partial charge in [0, 0.05) is 13.0 Å². The highest BCUT2D eigenvalue weighted by molar-refractivity contribution is 9.10. The Labute approximate surface area is 116 Å². The third-order valence-electron chi connectivity index (χ3n) is 2.57. The van der Waals surface area contributed by atoms with Gasteiger partial charge in [-0.1, -0.05) is 11.6 Å². The van der Waals surface area contributed by atoms with Gasteiger partial charge in [0.2, 0.25) is 5.91 Å². The molecule has 0 radical (unpaired) electrons.